The third kappa shape index (κ3) is 4.01. The van der Waals surface area contributed by atoms with Gasteiger partial charge in [0.2, 0.25) is 0 Å². The predicted octanol–water partition coefficient (Wildman–Crippen LogP) is 4.10. The molecule has 0 N–H and O–H groups in total. The van der Waals surface area contributed by atoms with Crippen molar-refractivity contribution in [2.24, 2.45) is 0 Å². The number of carbonyl (C=O) groups excluding carboxylic acids is 1. The first-order valence-electron chi connectivity index (χ1n) is 6.87. The minimum Gasteiger partial charge on any atom is -0.299 e. The Morgan fingerprint density at radius 2 is 1.80 bits per heavy atom. The highest BCUT2D eigenvalue weighted by Gasteiger charge is 2.13. The molecule has 20 heavy (non-hydrogen) atoms. The maximum Gasteiger partial charge on any atom is 0.143 e. The molecule has 1 aromatic heterocycles. The number of aryl methyl sites for hydroxylation is 1. The van der Waals surface area contributed by atoms with E-state index in [1.54, 1.807) is 11.3 Å². The zero-order valence-electron chi connectivity index (χ0n) is 12.6. The van der Waals surface area contributed by atoms with Crippen molar-refractivity contribution >= 4 is 17.1 Å². The summed E-state index contributed by atoms with van der Waals surface area (Å²) in [6, 6.07) is 8.36. The van der Waals surface area contributed by atoms with Crippen molar-refractivity contribution in [2.75, 3.05) is 0 Å². The molecular formula is C17H21NOS. The lowest BCUT2D eigenvalue weighted by atomic mass is 9.86. The van der Waals surface area contributed by atoms with Gasteiger partial charge in [-0.05, 0) is 23.5 Å². The van der Waals surface area contributed by atoms with E-state index in [4.69, 9.17) is 0 Å². The van der Waals surface area contributed by atoms with Crippen molar-refractivity contribution in [3.8, 4) is 0 Å². The van der Waals surface area contributed by atoms with Gasteiger partial charge in [0.25, 0.3) is 0 Å². The molecule has 1 heterocycles. The molecule has 2 aromatic rings. The lowest BCUT2D eigenvalue weighted by molar-refractivity contribution is -0.117. The molecule has 2 nitrogen and oxygen atoms in total. The van der Waals surface area contributed by atoms with Crippen LogP contribution in [0, 0.1) is 6.92 Å². The Labute approximate surface area is 124 Å². The van der Waals surface area contributed by atoms with E-state index in [0.29, 0.717) is 12.8 Å². The fourth-order valence-electron chi connectivity index (χ4n) is 2.10. The Balaban J connectivity index is 1.98. The lowest BCUT2D eigenvalue weighted by Gasteiger charge is -2.19. The molecule has 3 heteroatoms. The van der Waals surface area contributed by atoms with Gasteiger partial charge in [0.15, 0.2) is 0 Å². The van der Waals surface area contributed by atoms with Crippen molar-refractivity contribution in [2.45, 2.75) is 46.0 Å². The molecular weight excluding hydrogens is 266 g/mol. The molecule has 0 unspecified atom stereocenters. The molecule has 1 aromatic carbocycles. The first-order chi connectivity index (χ1) is 9.34. The molecule has 0 saturated carbocycles. The van der Waals surface area contributed by atoms with Crippen LogP contribution < -0.4 is 0 Å². The zero-order valence-corrected chi connectivity index (χ0v) is 13.4. The fraction of sp³-hybridized carbons (Fsp3) is 0.412. The van der Waals surface area contributed by atoms with Crippen LogP contribution in [0.25, 0.3) is 0 Å². The molecule has 0 aliphatic rings. The minimum atomic E-state index is 0.153. The largest absolute Gasteiger partial charge is 0.299 e. The van der Waals surface area contributed by atoms with Gasteiger partial charge in [-0.25, -0.2) is 4.98 Å². The average Bonchev–Trinajstić information content (AvgIpc) is 2.74. The Morgan fingerprint density at radius 1 is 1.15 bits per heavy atom. The average molecular weight is 287 g/mol. The molecule has 0 bridgehead atoms. The van der Waals surface area contributed by atoms with Gasteiger partial charge in [-0.15, -0.1) is 11.3 Å². The van der Waals surface area contributed by atoms with Crippen LogP contribution in [0.3, 0.4) is 0 Å². The summed E-state index contributed by atoms with van der Waals surface area (Å²) in [5, 5.41) is 2.98. The smallest absolute Gasteiger partial charge is 0.143 e. The number of thiazole rings is 1. The van der Waals surface area contributed by atoms with Gasteiger partial charge in [0.05, 0.1) is 10.7 Å². The van der Waals surface area contributed by atoms with Crippen LogP contribution in [0.1, 0.15) is 42.6 Å². The highest BCUT2D eigenvalue weighted by Crippen LogP contribution is 2.22. The Kier molecular flexibility index (Phi) is 4.39. The number of aromatic nitrogens is 1. The van der Waals surface area contributed by atoms with E-state index in [0.717, 1.165) is 16.3 Å². The second-order valence-corrected chi connectivity index (χ2v) is 7.26. The summed E-state index contributed by atoms with van der Waals surface area (Å²) in [7, 11) is 0. The van der Waals surface area contributed by atoms with Crippen molar-refractivity contribution in [1.82, 2.24) is 4.98 Å². The van der Waals surface area contributed by atoms with E-state index in [2.05, 4.69) is 50.0 Å². The summed E-state index contributed by atoms with van der Waals surface area (Å²) in [5.41, 5.74) is 3.42. The number of ketones is 1. The van der Waals surface area contributed by atoms with Crippen LogP contribution in [0.2, 0.25) is 0 Å². The predicted molar refractivity (Wildman–Crippen MR) is 84.4 cm³/mol. The normalized spacial score (nSPS) is 11.6. The number of hydrogen-bond acceptors (Lipinski definition) is 3. The number of nitrogens with zero attached hydrogens (tertiary/aromatic N) is 1. The minimum absolute atomic E-state index is 0.153. The SMILES string of the molecule is Cc1nc(CC(=O)Cc2ccc(C(C)(C)C)cc2)cs1. The number of hydrogen-bond donors (Lipinski definition) is 0. The second-order valence-electron chi connectivity index (χ2n) is 6.20. The van der Waals surface area contributed by atoms with Crippen molar-refractivity contribution in [1.29, 1.82) is 0 Å². The Morgan fingerprint density at radius 3 is 2.30 bits per heavy atom. The van der Waals surface area contributed by atoms with Crippen LogP contribution in [0.5, 0.6) is 0 Å². The third-order valence-corrected chi connectivity index (χ3v) is 4.09. The summed E-state index contributed by atoms with van der Waals surface area (Å²) in [4.78, 5) is 16.4. The molecule has 106 valence electrons. The summed E-state index contributed by atoms with van der Waals surface area (Å²) < 4.78 is 0. The number of rotatable bonds is 4. The van der Waals surface area contributed by atoms with E-state index >= 15 is 0 Å². The fourth-order valence-corrected chi connectivity index (χ4v) is 2.72. The Hall–Kier alpha value is -1.48. The van der Waals surface area contributed by atoms with E-state index in [-0.39, 0.29) is 11.2 Å². The third-order valence-electron chi connectivity index (χ3n) is 3.27. The maximum atomic E-state index is 12.0. The van der Waals surface area contributed by atoms with Crippen LogP contribution >= 0.6 is 11.3 Å². The van der Waals surface area contributed by atoms with Crippen molar-refractivity contribution < 1.29 is 4.79 Å². The van der Waals surface area contributed by atoms with Gasteiger partial charge in [0, 0.05) is 18.2 Å². The molecule has 0 spiro atoms. The molecule has 0 saturated heterocycles. The van der Waals surface area contributed by atoms with Crippen molar-refractivity contribution in [3.05, 3.63) is 51.5 Å². The van der Waals surface area contributed by atoms with Gasteiger partial charge < -0.3 is 0 Å². The zero-order chi connectivity index (χ0) is 14.8. The first kappa shape index (κ1) is 14.9. The number of benzene rings is 1. The molecule has 0 aliphatic carbocycles. The summed E-state index contributed by atoms with van der Waals surface area (Å²) in [6.07, 6.45) is 0.923. The quantitative estimate of drug-likeness (QED) is 0.847. The molecule has 0 radical (unpaired) electrons. The van der Waals surface area contributed by atoms with Gasteiger partial charge >= 0.3 is 0 Å². The highest BCUT2D eigenvalue weighted by molar-refractivity contribution is 7.09. The van der Waals surface area contributed by atoms with E-state index < -0.39 is 0 Å². The standard InChI is InChI=1S/C17H21NOS/c1-12-18-15(11-20-12)10-16(19)9-13-5-7-14(8-6-13)17(2,3)4/h5-8,11H,9-10H2,1-4H3. The maximum absolute atomic E-state index is 12.0. The molecule has 0 aliphatic heterocycles. The first-order valence-corrected chi connectivity index (χ1v) is 7.75. The van der Waals surface area contributed by atoms with Crippen molar-refractivity contribution in [3.63, 3.8) is 0 Å². The van der Waals surface area contributed by atoms with E-state index in [9.17, 15) is 4.79 Å². The molecule has 0 amide bonds. The molecule has 2 rings (SSSR count). The van der Waals surface area contributed by atoms with Crippen LogP contribution in [0.4, 0.5) is 0 Å². The molecule has 0 fully saturated rings. The second kappa shape index (κ2) is 5.88. The molecule has 0 atom stereocenters. The van der Waals surface area contributed by atoms with E-state index in [1.807, 2.05) is 12.3 Å². The summed E-state index contributed by atoms with van der Waals surface area (Å²) >= 11 is 1.59. The topological polar surface area (TPSA) is 30.0 Å². The lowest BCUT2D eigenvalue weighted by Crippen LogP contribution is -2.11. The van der Waals surface area contributed by atoms with Crippen LogP contribution in [-0.2, 0) is 23.1 Å². The Bertz CT molecular complexity index is 590. The number of Topliss-reactive ketones (excluding diaryl/α,β-unsaturated/α-hetero) is 1. The highest BCUT2D eigenvalue weighted by atomic mass is 32.1. The van der Waals surface area contributed by atoms with Crippen LogP contribution in [0.15, 0.2) is 29.6 Å². The summed E-state index contributed by atoms with van der Waals surface area (Å²) in [6.45, 7) is 8.54. The van der Waals surface area contributed by atoms with Crippen LogP contribution in [-0.4, -0.2) is 10.8 Å². The van der Waals surface area contributed by atoms with Gasteiger partial charge in [-0.2, -0.15) is 0 Å². The number of carbonyl (C=O) groups is 1. The van der Waals surface area contributed by atoms with Gasteiger partial charge in [-0.3, -0.25) is 4.79 Å². The summed E-state index contributed by atoms with van der Waals surface area (Å²) in [5.74, 6) is 0.221. The van der Waals surface area contributed by atoms with Gasteiger partial charge in [-0.1, -0.05) is 45.0 Å². The van der Waals surface area contributed by atoms with E-state index in [1.165, 1.54) is 5.56 Å². The van der Waals surface area contributed by atoms with Gasteiger partial charge in [0.1, 0.15) is 5.78 Å². The monoisotopic (exact) mass is 287 g/mol.